The van der Waals surface area contributed by atoms with E-state index in [0.29, 0.717) is 0 Å². The van der Waals surface area contributed by atoms with Crippen molar-refractivity contribution in [3.05, 3.63) is 29.3 Å². The van der Waals surface area contributed by atoms with Crippen molar-refractivity contribution in [3.63, 3.8) is 0 Å². The molecule has 0 unspecified atom stereocenters. The average molecular weight is 301 g/mol. The zero-order chi connectivity index (χ0) is 15.3. The molecule has 3 aliphatic rings. The van der Waals surface area contributed by atoms with Crippen LogP contribution in [-0.4, -0.2) is 29.2 Å². The number of hydrogen-bond donors (Lipinski definition) is 2. The van der Waals surface area contributed by atoms with Crippen LogP contribution < -0.4 is 5.32 Å². The molecule has 22 heavy (non-hydrogen) atoms. The maximum Gasteiger partial charge on any atom is 0.310 e. The smallest absolute Gasteiger partial charge is 0.310 e. The second-order valence-electron chi connectivity index (χ2n) is 6.51. The minimum atomic E-state index is -0.929. The van der Waals surface area contributed by atoms with Gasteiger partial charge in [-0.1, -0.05) is 6.07 Å². The third-order valence-corrected chi connectivity index (χ3v) is 5.23. The summed E-state index contributed by atoms with van der Waals surface area (Å²) in [5.74, 6) is -2.45. The van der Waals surface area contributed by atoms with Crippen LogP contribution >= 0.6 is 0 Å². The van der Waals surface area contributed by atoms with Crippen molar-refractivity contribution in [2.45, 2.75) is 44.3 Å². The molecule has 0 spiro atoms. The van der Waals surface area contributed by atoms with Crippen molar-refractivity contribution < 1.29 is 19.4 Å². The van der Waals surface area contributed by atoms with Gasteiger partial charge < -0.3 is 15.2 Å². The molecule has 2 N–H and O–H groups in total. The number of aliphatic carboxylic acids is 1. The van der Waals surface area contributed by atoms with E-state index in [1.807, 2.05) is 12.1 Å². The van der Waals surface area contributed by atoms with Crippen molar-refractivity contribution in [2.75, 3.05) is 5.32 Å². The largest absolute Gasteiger partial charge is 0.481 e. The average Bonchev–Trinajstić information content (AvgIpc) is 3.20. The fourth-order valence-corrected chi connectivity index (χ4v) is 4.20. The highest BCUT2D eigenvalue weighted by Gasteiger charge is 2.55. The molecule has 0 saturated carbocycles. The van der Waals surface area contributed by atoms with Gasteiger partial charge in [-0.2, -0.15) is 0 Å². The number of amides is 1. The van der Waals surface area contributed by atoms with Gasteiger partial charge in [0, 0.05) is 5.69 Å². The first kappa shape index (κ1) is 13.8. The molecule has 1 aromatic carbocycles. The first-order valence-corrected chi connectivity index (χ1v) is 7.94. The van der Waals surface area contributed by atoms with E-state index in [9.17, 15) is 14.7 Å². The van der Waals surface area contributed by atoms with E-state index in [-0.39, 0.29) is 18.1 Å². The van der Waals surface area contributed by atoms with Gasteiger partial charge in [0.2, 0.25) is 5.91 Å². The lowest BCUT2D eigenvalue weighted by Gasteiger charge is -2.24. The number of fused-ring (bicyclic) bond motifs is 3. The predicted molar refractivity (Wildman–Crippen MR) is 79.6 cm³/mol. The number of aryl methyl sites for hydroxylation is 2. The summed E-state index contributed by atoms with van der Waals surface area (Å²) in [5.41, 5.74) is 3.40. The molecule has 0 radical (unpaired) electrons. The number of anilines is 1. The Morgan fingerprint density at radius 3 is 2.59 bits per heavy atom. The summed E-state index contributed by atoms with van der Waals surface area (Å²) in [6.45, 7) is 0. The van der Waals surface area contributed by atoms with Crippen molar-refractivity contribution in [2.24, 2.45) is 11.8 Å². The molecule has 5 heteroatoms. The van der Waals surface area contributed by atoms with Crippen LogP contribution in [0.2, 0.25) is 0 Å². The molecule has 1 aromatic rings. The van der Waals surface area contributed by atoms with E-state index in [4.69, 9.17) is 4.74 Å². The van der Waals surface area contributed by atoms with Crippen LogP contribution in [0.5, 0.6) is 0 Å². The number of carbonyl (C=O) groups excluding carboxylic acids is 1. The fraction of sp³-hybridized carbons (Fsp3) is 0.529. The van der Waals surface area contributed by atoms with E-state index in [0.717, 1.165) is 37.8 Å². The summed E-state index contributed by atoms with van der Waals surface area (Å²) in [6.07, 6.45) is 4.27. The summed E-state index contributed by atoms with van der Waals surface area (Å²) in [6, 6.07) is 5.99. The summed E-state index contributed by atoms with van der Waals surface area (Å²) in [4.78, 5) is 24.0. The molecular formula is C17H19NO4. The van der Waals surface area contributed by atoms with E-state index in [1.54, 1.807) is 0 Å². The highest BCUT2D eigenvalue weighted by molar-refractivity contribution is 5.96. The highest BCUT2D eigenvalue weighted by atomic mass is 16.5. The molecule has 2 bridgehead atoms. The molecule has 5 nitrogen and oxygen atoms in total. The van der Waals surface area contributed by atoms with Crippen molar-refractivity contribution in [1.82, 2.24) is 0 Å². The lowest BCUT2D eigenvalue weighted by Crippen LogP contribution is -2.40. The van der Waals surface area contributed by atoms with Gasteiger partial charge in [0.05, 0.1) is 24.0 Å². The molecule has 2 saturated heterocycles. The Hall–Kier alpha value is -1.88. The zero-order valence-electron chi connectivity index (χ0n) is 12.2. The minimum absolute atomic E-state index is 0.224. The molecule has 2 aliphatic heterocycles. The van der Waals surface area contributed by atoms with Crippen LogP contribution in [-0.2, 0) is 27.2 Å². The molecule has 2 heterocycles. The van der Waals surface area contributed by atoms with Crippen LogP contribution in [0.15, 0.2) is 18.2 Å². The number of carboxylic acid groups (broad SMARTS) is 1. The lowest BCUT2D eigenvalue weighted by atomic mass is 9.78. The van der Waals surface area contributed by atoms with Crippen LogP contribution in [0.4, 0.5) is 5.69 Å². The van der Waals surface area contributed by atoms with Crippen LogP contribution in [0.1, 0.15) is 30.4 Å². The van der Waals surface area contributed by atoms with Gasteiger partial charge in [0.25, 0.3) is 0 Å². The molecule has 4 atom stereocenters. The van der Waals surface area contributed by atoms with Crippen molar-refractivity contribution >= 4 is 17.6 Å². The summed E-state index contributed by atoms with van der Waals surface area (Å²) in [5, 5.41) is 12.3. The van der Waals surface area contributed by atoms with Crippen LogP contribution in [0.3, 0.4) is 0 Å². The van der Waals surface area contributed by atoms with Gasteiger partial charge in [-0.05, 0) is 55.4 Å². The van der Waals surface area contributed by atoms with E-state index in [1.165, 1.54) is 11.1 Å². The number of ether oxygens (including phenoxy) is 1. The van der Waals surface area contributed by atoms with Crippen LogP contribution in [0.25, 0.3) is 0 Å². The van der Waals surface area contributed by atoms with E-state index in [2.05, 4.69) is 11.4 Å². The molecule has 1 aliphatic carbocycles. The monoisotopic (exact) mass is 301 g/mol. The standard InChI is InChI=1S/C17H19NO4/c19-16(14-12-6-7-13(22-12)15(14)17(20)21)18-11-5-4-9-2-1-3-10(9)8-11/h4-5,8,12-15H,1-3,6-7H2,(H,18,19)(H,20,21)/t12-,13-,14+,15-/m0/s1. The number of nitrogens with one attached hydrogen (secondary N) is 1. The first-order valence-electron chi connectivity index (χ1n) is 7.94. The zero-order valence-corrected chi connectivity index (χ0v) is 12.2. The summed E-state index contributed by atoms with van der Waals surface area (Å²) in [7, 11) is 0. The molecule has 1 amide bonds. The normalized spacial score (nSPS) is 32.0. The predicted octanol–water partition coefficient (Wildman–Crippen LogP) is 1.99. The Balaban J connectivity index is 1.53. The fourth-order valence-electron chi connectivity index (χ4n) is 4.20. The second-order valence-corrected chi connectivity index (χ2v) is 6.51. The number of carboxylic acids is 1. The van der Waals surface area contributed by atoms with Gasteiger partial charge in [0.1, 0.15) is 0 Å². The SMILES string of the molecule is O=C(O)[C@@H]1[C@H](C(=O)Nc2ccc3c(c2)CCC3)[C@@H]2CC[C@@H]1O2. The third kappa shape index (κ3) is 2.11. The Bertz CT molecular complexity index is 642. The summed E-state index contributed by atoms with van der Waals surface area (Å²) < 4.78 is 5.65. The van der Waals surface area contributed by atoms with Crippen LogP contribution in [0, 0.1) is 11.8 Å². The lowest BCUT2D eigenvalue weighted by molar-refractivity contribution is -0.147. The number of hydrogen-bond acceptors (Lipinski definition) is 3. The summed E-state index contributed by atoms with van der Waals surface area (Å²) >= 11 is 0. The molecule has 0 aromatic heterocycles. The van der Waals surface area contributed by atoms with Gasteiger partial charge in [0.15, 0.2) is 0 Å². The van der Waals surface area contributed by atoms with E-state index >= 15 is 0 Å². The van der Waals surface area contributed by atoms with Gasteiger partial charge in [-0.25, -0.2) is 0 Å². The molecular weight excluding hydrogens is 282 g/mol. The first-order chi connectivity index (χ1) is 10.6. The van der Waals surface area contributed by atoms with Gasteiger partial charge in [-0.15, -0.1) is 0 Å². The Kier molecular flexibility index (Phi) is 3.18. The Morgan fingerprint density at radius 1 is 1.09 bits per heavy atom. The van der Waals surface area contributed by atoms with E-state index < -0.39 is 17.8 Å². The molecule has 4 rings (SSSR count). The number of rotatable bonds is 3. The van der Waals surface area contributed by atoms with Gasteiger partial charge in [-0.3, -0.25) is 9.59 Å². The van der Waals surface area contributed by atoms with Gasteiger partial charge >= 0.3 is 5.97 Å². The topological polar surface area (TPSA) is 75.6 Å². The Labute approximate surface area is 128 Å². The maximum absolute atomic E-state index is 12.6. The highest BCUT2D eigenvalue weighted by Crippen LogP contribution is 2.44. The minimum Gasteiger partial charge on any atom is -0.481 e. The van der Waals surface area contributed by atoms with Crippen molar-refractivity contribution in [1.29, 1.82) is 0 Å². The van der Waals surface area contributed by atoms with Crippen molar-refractivity contribution in [3.8, 4) is 0 Å². The maximum atomic E-state index is 12.6. The Morgan fingerprint density at radius 2 is 1.82 bits per heavy atom. The number of benzene rings is 1. The molecule has 2 fully saturated rings. The molecule has 116 valence electrons. The number of carbonyl (C=O) groups is 2. The quantitative estimate of drug-likeness (QED) is 0.895. The second kappa shape index (κ2) is 5.09. The third-order valence-electron chi connectivity index (χ3n) is 5.23.